The minimum Gasteiger partial charge on any atom is -0.351 e. The molecule has 21 heavy (non-hydrogen) atoms. The molecule has 3 rings (SSSR count). The number of rotatable bonds is 3. The number of carbonyl (C=O) groups excluding carboxylic acids is 1. The average Bonchev–Trinajstić information content (AvgIpc) is 3.03. The van der Waals surface area contributed by atoms with E-state index in [1.54, 1.807) is 36.2 Å². The quantitative estimate of drug-likeness (QED) is 0.805. The van der Waals surface area contributed by atoms with Gasteiger partial charge in [0.05, 0.1) is 0 Å². The third-order valence-electron chi connectivity index (χ3n) is 2.82. The molecule has 0 saturated carbocycles. The Morgan fingerprint density at radius 1 is 1.05 bits per heavy atom. The van der Waals surface area contributed by atoms with Crippen molar-refractivity contribution in [2.45, 2.75) is 0 Å². The normalized spacial score (nSPS) is 10.3. The summed E-state index contributed by atoms with van der Waals surface area (Å²) in [7, 11) is 0. The molecule has 7 heteroatoms. The second-order valence-corrected chi connectivity index (χ2v) is 5.00. The number of hydrogen-bond acceptors (Lipinski definition) is 5. The van der Waals surface area contributed by atoms with Gasteiger partial charge in [-0.15, -0.1) is 11.3 Å². The zero-order chi connectivity index (χ0) is 14.7. The summed E-state index contributed by atoms with van der Waals surface area (Å²) in [4.78, 5) is 25.3. The largest absolute Gasteiger partial charge is 0.351 e. The highest BCUT2D eigenvalue weighted by atomic mass is 32.1. The molecule has 0 aliphatic carbocycles. The van der Waals surface area contributed by atoms with Crippen LogP contribution in [0.25, 0.3) is 11.1 Å². The molecule has 104 valence electrons. The van der Waals surface area contributed by atoms with Crippen LogP contribution in [0, 0.1) is 0 Å². The fourth-order valence-corrected chi connectivity index (χ4v) is 2.52. The van der Waals surface area contributed by atoms with Gasteiger partial charge in [0.25, 0.3) is 0 Å². The molecule has 6 nitrogen and oxygen atoms in total. The van der Waals surface area contributed by atoms with Crippen LogP contribution in [-0.4, -0.2) is 21.0 Å². The average molecular weight is 297 g/mol. The first-order valence-electron chi connectivity index (χ1n) is 6.11. The third-order valence-corrected chi connectivity index (χ3v) is 3.58. The van der Waals surface area contributed by atoms with Gasteiger partial charge in [0.15, 0.2) is 5.13 Å². The summed E-state index contributed by atoms with van der Waals surface area (Å²) in [5.41, 5.74) is 7.35. The van der Waals surface area contributed by atoms with E-state index in [2.05, 4.69) is 15.0 Å². The summed E-state index contributed by atoms with van der Waals surface area (Å²) >= 11 is 1.32. The Kier molecular flexibility index (Phi) is 3.57. The molecule has 0 bridgehead atoms. The molecule has 0 spiro atoms. The van der Waals surface area contributed by atoms with E-state index in [1.165, 1.54) is 16.2 Å². The SMILES string of the molecule is NC(=O)N(c1ccc(-c2ccncc2)cn1)c1nccs1. The van der Waals surface area contributed by atoms with E-state index < -0.39 is 6.03 Å². The molecule has 0 radical (unpaired) electrons. The number of amides is 2. The van der Waals surface area contributed by atoms with Crippen molar-refractivity contribution in [1.29, 1.82) is 0 Å². The van der Waals surface area contributed by atoms with Crippen molar-refractivity contribution in [3.8, 4) is 11.1 Å². The Morgan fingerprint density at radius 3 is 2.43 bits per heavy atom. The predicted molar refractivity (Wildman–Crippen MR) is 81.3 cm³/mol. The fourth-order valence-electron chi connectivity index (χ4n) is 1.86. The van der Waals surface area contributed by atoms with Crippen molar-refractivity contribution < 1.29 is 4.79 Å². The van der Waals surface area contributed by atoms with Gasteiger partial charge in [-0.3, -0.25) is 4.98 Å². The molecular formula is C14H11N5OS. The molecule has 0 atom stereocenters. The number of hydrogen-bond donors (Lipinski definition) is 1. The minimum absolute atomic E-state index is 0.440. The van der Waals surface area contributed by atoms with Crippen LogP contribution in [0.5, 0.6) is 0 Å². The van der Waals surface area contributed by atoms with Crippen molar-refractivity contribution >= 4 is 28.3 Å². The highest BCUT2D eigenvalue weighted by molar-refractivity contribution is 7.13. The van der Waals surface area contributed by atoms with Crippen molar-refractivity contribution in [2.24, 2.45) is 5.73 Å². The van der Waals surface area contributed by atoms with Gasteiger partial charge in [-0.2, -0.15) is 0 Å². The molecule has 3 aromatic rings. The van der Waals surface area contributed by atoms with E-state index in [9.17, 15) is 4.79 Å². The monoisotopic (exact) mass is 297 g/mol. The standard InChI is InChI=1S/C14H11N5OS/c15-13(20)19(14-17-7-8-21-14)12-2-1-11(9-18-12)10-3-5-16-6-4-10/h1-9H,(H2,15,20). The molecule has 0 aliphatic rings. The van der Waals surface area contributed by atoms with Gasteiger partial charge in [-0.25, -0.2) is 19.7 Å². The molecule has 0 unspecified atom stereocenters. The van der Waals surface area contributed by atoms with Crippen LogP contribution in [0.4, 0.5) is 15.7 Å². The number of aromatic nitrogens is 3. The number of nitrogens with zero attached hydrogens (tertiary/aromatic N) is 4. The number of nitrogens with two attached hydrogens (primary N) is 1. The van der Waals surface area contributed by atoms with Crippen molar-refractivity contribution in [3.05, 3.63) is 54.4 Å². The molecule has 0 aromatic carbocycles. The molecule has 3 aromatic heterocycles. The topological polar surface area (TPSA) is 85.0 Å². The first-order valence-corrected chi connectivity index (χ1v) is 6.99. The van der Waals surface area contributed by atoms with Crippen LogP contribution in [0.3, 0.4) is 0 Å². The molecule has 0 aliphatic heterocycles. The first kappa shape index (κ1) is 13.2. The van der Waals surface area contributed by atoms with E-state index in [0.717, 1.165) is 11.1 Å². The van der Waals surface area contributed by atoms with E-state index in [0.29, 0.717) is 10.9 Å². The predicted octanol–water partition coefficient (Wildman–Crippen LogP) is 2.82. The van der Waals surface area contributed by atoms with Crippen LogP contribution in [0.1, 0.15) is 0 Å². The van der Waals surface area contributed by atoms with Crippen LogP contribution < -0.4 is 10.6 Å². The summed E-state index contributed by atoms with van der Waals surface area (Å²) in [6.45, 7) is 0. The molecule has 2 amide bonds. The maximum Gasteiger partial charge on any atom is 0.326 e. The van der Waals surface area contributed by atoms with Crippen LogP contribution in [0.2, 0.25) is 0 Å². The lowest BCUT2D eigenvalue weighted by Crippen LogP contribution is -2.31. The number of primary amides is 1. The summed E-state index contributed by atoms with van der Waals surface area (Å²) in [5.74, 6) is 0.440. The van der Waals surface area contributed by atoms with Gasteiger partial charge in [0, 0.05) is 35.7 Å². The molecule has 0 saturated heterocycles. The van der Waals surface area contributed by atoms with Gasteiger partial charge in [0.1, 0.15) is 5.82 Å². The van der Waals surface area contributed by atoms with Gasteiger partial charge >= 0.3 is 6.03 Å². The Hall–Kier alpha value is -2.80. The fraction of sp³-hybridized carbons (Fsp3) is 0. The molecule has 0 fully saturated rings. The van der Waals surface area contributed by atoms with Crippen LogP contribution >= 0.6 is 11.3 Å². The second-order valence-electron chi connectivity index (χ2n) is 4.13. The lowest BCUT2D eigenvalue weighted by atomic mass is 10.1. The second kappa shape index (κ2) is 5.68. The molecule has 2 N–H and O–H groups in total. The van der Waals surface area contributed by atoms with E-state index in [-0.39, 0.29) is 0 Å². The zero-order valence-corrected chi connectivity index (χ0v) is 11.7. The van der Waals surface area contributed by atoms with Crippen molar-refractivity contribution in [1.82, 2.24) is 15.0 Å². The van der Waals surface area contributed by atoms with Crippen molar-refractivity contribution in [3.63, 3.8) is 0 Å². The number of thiazole rings is 1. The van der Waals surface area contributed by atoms with Gasteiger partial charge in [0.2, 0.25) is 0 Å². The zero-order valence-electron chi connectivity index (χ0n) is 10.9. The van der Waals surface area contributed by atoms with Gasteiger partial charge in [-0.05, 0) is 29.8 Å². The highest BCUT2D eigenvalue weighted by Gasteiger charge is 2.18. The lowest BCUT2D eigenvalue weighted by Gasteiger charge is -2.16. The third kappa shape index (κ3) is 2.72. The summed E-state index contributed by atoms with van der Waals surface area (Å²) < 4.78 is 0. The van der Waals surface area contributed by atoms with Crippen LogP contribution in [-0.2, 0) is 0 Å². The lowest BCUT2D eigenvalue weighted by molar-refractivity contribution is 0.256. The van der Waals surface area contributed by atoms with E-state index >= 15 is 0 Å². The molecule has 3 heterocycles. The maximum absolute atomic E-state index is 11.6. The van der Waals surface area contributed by atoms with E-state index in [1.807, 2.05) is 18.2 Å². The smallest absolute Gasteiger partial charge is 0.326 e. The Balaban J connectivity index is 1.94. The summed E-state index contributed by atoms with van der Waals surface area (Å²) in [6, 6.07) is 6.78. The summed E-state index contributed by atoms with van der Waals surface area (Å²) in [6.07, 6.45) is 6.73. The van der Waals surface area contributed by atoms with Crippen molar-refractivity contribution in [2.75, 3.05) is 4.90 Å². The Labute approximate surface area is 124 Å². The van der Waals surface area contributed by atoms with E-state index in [4.69, 9.17) is 5.73 Å². The van der Waals surface area contributed by atoms with Crippen LogP contribution in [0.15, 0.2) is 54.4 Å². The first-order chi connectivity index (χ1) is 10.3. The summed E-state index contributed by atoms with van der Waals surface area (Å²) in [5, 5.41) is 2.27. The highest BCUT2D eigenvalue weighted by Crippen LogP contribution is 2.27. The Morgan fingerprint density at radius 2 is 1.86 bits per heavy atom. The van der Waals surface area contributed by atoms with Gasteiger partial charge < -0.3 is 5.73 Å². The molecular weight excluding hydrogens is 286 g/mol. The number of anilines is 2. The maximum atomic E-state index is 11.6. The number of pyridine rings is 2. The number of carbonyl (C=O) groups is 1. The van der Waals surface area contributed by atoms with Gasteiger partial charge in [-0.1, -0.05) is 0 Å². The minimum atomic E-state index is -0.617. The number of urea groups is 1. The Bertz CT molecular complexity index is 728.